The molecule has 29 heavy (non-hydrogen) atoms. The van der Waals surface area contributed by atoms with Gasteiger partial charge in [0.15, 0.2) is 0 Å². The van der Waals surface area contributed by atoms with Gasteiger partial charge in [0.25, 0.3) is 11.8 Å². The van der Waals surface area contributed by atoms with Crippen molar-refractivity contribution in [3.63, 3.8) is 0 Å². The van der Waals surface area contributed by atoms with Gasteiger partial charge in [0, 0.05) is 24.0 Å². The van der Waals surface area contributed by atoms with Crippen molar-refractivity contribution in [2.24, 2.45) is 0 Å². The molecule has 1 aromatic heterocycles. The van der Waals surface area contributed by atoms with Gasteiger partial charge in [-0.2, -0.15) is 0 Å². The molecule has 0 atom stereocenters. The molecule has 5 nitrogen and oxygen atoms in total. The van der Waals surface area contributed by atoms with Crippen LogP contribution in [-0.4, -0.2) is 23.3 Å². The molecule has 5 heteroatoms. The third kappa shape index (κ3) is 5.51. The van der Waals surface area contributed by atoms with Gasteiger partial charge in [-0.05, 0) is 41.7 Å². The fourth-order valence-corrected chi connectivity index (χ4v) is 3.06. The molecule has 2 aromatic carbocycles. The highest BCUT2D eigenvalue weighted by molar-refractivity contribution is 6.06. The first kappa shape index (κ1) is 20.3. The highest BCUT2D eigenvalue weighted by Gasteiger charge is 2.14. The zero-order valence-corrected chi connectivity index (χ0v) is 16.7. The van der Waals surface area contributed by atoms with Gasteiger partial charge in [0.1, 0.15) is 5.69 Å². The number of carbonyl (C=O) groups excluding carboxylic acids is 2. The summed E-state index contributed by atoms with van der Waals surface area (Å²) in [7, 11) is 0. The fraction of sp³-hybridized carbons (Fsp3) is 0.208. The molecular weight excluding hydrogens is 362 g/mol. The van der Waals surface area contributed by atoms with Crippen molar-refractivity contribution in [3.05, 3.63) is 95.3 Å². The van der Waals surface area contributed by atoms with Gasteiger partial charge >= 0.3 is 0 Å². The van der Waals surface area contributed by atoms with Crippen LogP contribution in [0.15, 0.2) is 72.9 Å². The number of nitrogens with zero attached hydrogens (tertiary/aromatic N) is 1. The van der Waals surface area contributed by atoms with Crippen LogP contribution in [0.2, 0.25) is 0 Å². The maximum absolute atomic E-state index is 12.7. The van der Waals surface area contributed by atoms with Crippen LogP contribution in [0, 0.1) is 0 Å². The number of anilines is 1. The second-order valence-electron chi connectivity index (χ2n) is 7.12. The number of nitrogens with one attached hydrogen (secondary N) is 2. The van der Waals surface area contributed by atoms with E-state index in [1.54, 1.807) is 6.07 Å². The van der Waals surface area contributed by atoms with Crippen molar-refractivity contribution in [1.29, 1.82) is 0 Å². The van der Waals surface area contributed by atoms with E-state index in [1.165, 1.54) is 12.3 Å². The predicted molar refractivity (Wildman–Crippen MR) is 115 cm³/mol. The molecule has 0 saturated carbocycles. The molecular formula is C24H25N3O2. The van der Waals surface area contributed by atoms with Crippen LogP contribution in [0.3, 0.4) is 0 Å². The molecule has 0 unspecified atom stereocenters. The van der Waals surface area contributed by atoms with E-state index in [4.69, 9.17) is 0 Å². The van der Waals surface area contributed by atoms with Crippen molar-refractivity contribution in [3.8, 4) is 0 Å². The summed E-state index contributed by atoms with van der Waals surface area (Å²) < 4.78 is 0. The van der Waals surface area contributed by atoms with E-state index >= 15 is 0 Å². The maximum atomic E-state index is 12.7. The first-order valence-corrected chi connectivity index (χ1v) is 9.73. The normalized spacial score (nSPS) is 10.6. The van der Waals surface area contributed by atoms with Crippen LogP contribution < -0.4 is 10.6 Å². The predicted octanol–water partition coefficient (Wildman–Crippen LogP) is 4.43. The van der Waals surface area contributed by atoms with E-state index in [0.717, 1.165) is 23.2 Å². The average molecular weight is 387 g/mol. The van der Waals surface area contributed by atoms with Gasteiger partial charge in [-0.1, -0.05) is 62.4 Å². The monoisotopic (exact) mass is 387 g/mol. The smallest absolute Gasteiger partial charge is 0.269 e. The number of carbonyl (C=O) groups is 2. The fourth-order valence-electron chi connectivity index (χ4n) is 3.06. The van der Waals surface area contributed by atoms with Crippen LogP contribution >= 0.6 is 0 Å². The molecule has 3 aromatic rings. The van der Waals surface area contributed by atoms with Gasteiger partial charge in [-0.15, -0.1) is 0 Å². The van der Waals surface area contributed by atoms with E-state index in [2.05, 4.69) is 29.5 Å². The Bertz CT molecular complexity index is 984. The first-order valence-electron chi connectivity index (χ1n) is 9.73. The number of aromatic nitrogens is 1. The zero-order valence-electron chi connectivity index (χ0n) is 16.7. The van der Waals surface area contributed by atoms with E-state index in [-0.39, 0.29) is 23.4 Å². The van der Waals surface area contributed by atoms with Gasteiger partial charge in [-0.25, -0.2) is 0 Å². The number of amides is 2. The van der Waals surface area contributed by atoms with E-state index in [1.807, 2.05) is 54.6 Å². The van der Waals surface area contributed by atoms with Crippen molar-refractivity contribution >= 4 is 17.5 Å². The number of rotatable bonds is 7. The van der Waals surface area contributed by atoms with Gasteiger partial charge in [0.2, 0.25) is 0 Å². The van der Waals surface area contributed by atoms with E-state index < -0.39 is 0 Å². The van der Waals surface area contributed by atoms with Gasteiger partial charge in [0.05, 0.1) is 0 Å². The Labute approximate surface area is 171 Å². The summed E-state index contributed by atoms with van der Waals surface area (Å²) >= 11 is 0. The number of para-hydroxylation sites is 1. The topological polar surface area (TPSA) is 71.1 Å². The highest BCUT2D eigenvalue weighted by atomic mass is 16.2. The molecule has 0 aliphatic heterocycles. The summed E-state index contributed by atoms with van der Waals surface area (Å²) in [5.41, 5.74) is 3.61. The zero-order chi connectivity index (χ0) is 20.6. The third-order valence-corrected chi connectivity index (χ3v) is 4.63. The Morgan fingerprint density at radius 2 is 1.66 bits per heavy atom. The summed E-state index contributed by atoms with van der Waals surface area (Å²) in [5.74, 6) is -0.271. The molecule has 0 aliphatic rings. The van der Waals surface area contributed by atoms with Gasteiger partial charge in [-0.3, -0.25) is 14.6 Å². The number of pyridine rings is 1. The van der Waals surface area contributed by atoms with E-state index in [9.17, 15) is 9.59 Å². The molecule has 0 saturated heterocycles. The van der Waals surface area contributed by atoms with Gasteiger partial charge < -0.3 is 10.6 Å². The molecule has 3 rings (SSSR count). The SMILES string of the molecule is CC(C)c1ccccc1NC(=O)c1ccnc(C(=O)NCCc2ccccc2)c1. The molecule has 0 fully saturated rings. The van der Waals surface area contributed by atoms with Crippen LogP contribution in [0.5, 0.6) is 0 Å². The largest absolute Gasteiger partial charge is 0.350 e. The molecule has 0 bridgehead atoms. The molecule has 1 heterocycles. The standard InChI is InChI=1S/C24H25N3O2/c1-17(2)20-10-6-7-11-21(20)27-23(28)19-13-15-25-22(16-19)24(29)26-14-12-18-8-4-3-5-9-18/h3-11,13,15-17H,12,14H2,1-2H3,(H,26,29)(H,27,28). The Morgan fingerprint density at radius 3 is 2.41 bits per heavy atom. The highest BCUT2D eigenvalue weighted by Crippen LogP contribution is 2.24. The lowest BCUT2D eigenvalue weighted by Gasteiger charge is -2.13. The van der Waals surface area contributed by atoms with Crippen LogP contribution in [-0.2, 0) is 6.42 Å². The Morgan fingerprint density at radius 1 is 0.931 bits per heavy atom. The molecule has 0 aliphatic carbocycles. The minimum atomic E-state index is -0.293. The minimum Gasteiger partial charge on any atom is -0.350 e. The Kier molecular flexibility index (Phi) is 6.74. The number of hydrogen-bond donors (Lipinski definition) is 2. The average Bonchev–Trinajstić information content (AvgIpc) is 2.74. The number of benzene rings is 2. The first-order chi connectivity index (χ1) is 14.0. The van der Waals surface area contributed by atoms with E-state index in [0.29, 0.717) is 12.1 Å². The lowest BCUT2D eigenvalue weighted by molar-refractivity contribution is 0.0949. The van der Waals surface area contributed by atoms with Crippen molar-refractivity contribution in [2.75, 3.05) is 11.9 Å². The molecule has 0 radical (unpaired) electrons. The minimum absolute atomic E-state index is 0.225. The molecule has 2 N–H and O–H groups in total. The summed E-state index contributed by atoms with van der Waals surface area (Å²) in [5, 5.41) is 5.79. The van der Waals surface area contributed by atoms with Crippen LogP contribution in [0.25, 0.3) is 0 Å². The molecule has 2 amide bonds. The van der Waals surface area contributed by atoms with Crippen LogP contribution in [0.1, 0.15) is 51.7 Å². The summed E-state index contributed by atoms with van der Waals surface area (Å²) in [6, 6.07) is 20.8. The lowest BCUT2D eigenvalue weighted by Crippen LogP contribution is -2.27. The van der Waals surface area contributed by atoms with Crippen molar-refractivity contribution in [1.82, 2.24) is 10.3 Å². The third-order valence-electron chi connectivity index (χ3n) is 4.63. The second kappa shape index (κ2) is 9.64. The number of hydrogen-bond acceptors (Lipinski definition) is 3. The summed E-state index contributed by atoms with van der Waals surface area (Å²) in [6.07, 6.45) is 2.22. The van der Waals surface area contributed by atoms with Crippen LogP contribution in [0.4, 0.5) is 5.69 Å². The maximum Gasteiger partial charge on any atom is 0.269 e. The summed E-state index contributed by atoms with van der Waals surface area (Å²) in [6.45, 7) is 4.66. The second-order valence-corrected chi connectivity index (χ2v) is 7.12. The summed E-state index contributed by atoms with van der Waals surface area (Å²) in [4.78, 5) is 29.2. The molecule has 148 valence electrons. The molecule has 0 spiro atoms. The van der Waals surface area contributed by atoms with Crippen molar-refractivity contribution in [2.45, 2.75) is 26.2 Å². The van der Waals surface area contributed by atoms with Crippen molar-refractivity contribution < 1.29 is 9.59 Å². The Hall–Kier alpha value is -3.47. The lowest BCUT2D eigenvalue weighted by atomic mass is 10.0. The Balaban J connectivity index is 1.64. The quantitative estimate of drug-likeness (QED) is 0.630.